The molecule has 0 bridgehead atoms. The van der Waals surface area contributed by atoms with E-state index < -0.39 is 0 Å². The smallest absolute Gasteiger partial charge is 0.318 e. The first-order valence-corrected chi connectivity index (χ1v) is 8.77. The van der Waals surface area contributed by atoms with Gasteiger partial charge in [0.2, 0.25) is 0 Å². The number of rotatable bonds is 3. The highest BCUT2D eigenvalue weighted by Crippen LogP contribution is 2.22. The lowest BCUT2D eigenvalue weighted by atomic mass is 10.2. The molecular weight excluding hydrogens is 330 g/mol. The monoisotopic (exact) mass is 351 g/mol. The molecule has 1 aliphatic heterocycles. The first kappa shape index (κ1) is 16.4. The fourth-order valence-corrected chi connectivity index (χ4v) is 3.08. The summed E-state index contributed by atoms with van der Waals surface area (Å²) in [5.74, 6) is 0. The maximum absolute atomic E-state index is 12.5. The van der Waals surface area contributed by atoms with Crippen LogP contribution in [0.5, 0.6) is 0 Å². The van der Waals surface area contributed by atoms with Crippen LogP contribution in [0.3, 0.4) is 0 Å². The molecule has 2 aromatic heterocycles. The van der Waals surface area contributed by atoms with Crippen LogP contribution in [0.4, 0.5) is 10.8 Å². The Kier molecular flexibility index (Phi) is 4.43. The third-order valence-corrected chi connectivity index (χ3v) is 4.59. The number of hydrogen-bond acceptors (Lipinski definition) is 5. The van der Waals surface area contributed by atoms with Gasteiger partial charge in [0.1, 0.15) is 5.52 Å². The highest BCUT2D eigenvalue weighted by atomic mass is 16.4. The number of carbonyl (C=O) groups excluding carboxylic acids is 1. The maximum atomic E-state index is 12.5. The molecule has 1 fully saturated rings. The van der Waals surface area contributed by atoms with E-state index in [0.29, 0.717) is 32.2 Å². The first-order chi connectivity index (χ1) is 12.7. The molecule has 1 N–H and O–H groups in total. The van der Waals surface area contributed by atoms with E-state index in [4.69, 9.17) is 4.42 Å². The van der Waals surface area contributed by atoms with Gasteiger partial charge in [0.05, 0.1) is 11.7 Å². The van der Waals surface area contributed by atoms with Gasteiger partial charge in [-0.1, -0.05) is 18.2 Å². The van der Waals surface area contributed by atoms with Crippen LogP contribution in [0.2, 0.25) is 0 Å². The van der Waals surface area contributed by atoms with Gasteiger partial charge < -0.3 is 19.5 Å². The second kappa shape index (κ2) is 7.03. The highest BCUT2D eigenvalue weighted by Gasteiger charge is 2.25. The van der Waals surface area contributed by atoms with Gasteiger partial charge in [0.15, 0.2) is 5.58 Å². The second-order valence-electron chi connectivity index (χ2n) is 6.36. The summed E-state index contributed by atoms with van der Waals surface area (Å²) in [4.78, 5) is 25.2. The van der Waals surface area contributed by atoms with Crippen molar-refractivity contribution in [3.8, 4) is 0 Å². The summed E-state index contributed by atoms with van der Waals surface area (Å²) in [7, 11) is 0. The van der Waals surface area contributed by atoms with Crippen LogP contribution in [-0.4, -0.2) is 47.1 Å². The number of nitrogens with zero attached hydrogens (tertiary/aromatic N) is 4. The zero-order valence-corrected chi connectivity index (χ0v) is 14.6. The Labute approximate surface area is 151 Å². The van der Waals surface area contributed by atoms with Gasteiger partial charge >= 0.3 is 6.03 Å². The molecule has 0 spiro atoms. The normalized spacial score (nSPS) is 15.9. The Morgan fingerprint density at radius 2 is 1.88 bits per heavy atom. The highest BCUT2D eigenvalue weighted by molar-refractivity contribution is 5.76. The van der Waals surface area contributed by atoms with E-state index in [1.165, 1.54) is 0 Å². The van der Waals surface area contributed by atoms with E-state index >= 15 is 0 Å². The number of aromatic nitrogens is 2. The number of pyridine rings is 1. The third-order valence-electron chi connectivity index (χ3n) is 4.59. The van der Waals surface area contributed by atoms with Crippen molar-refractivity contribution in [2.45, 2.75) is 13.0 Å². The standard InChI is InChI=1S/C19H21N5O2/c1-14(15-6-4-5-9-20-15)21-18(25)23-10-12-24(13-11-23)19-22-16-7-2-3-8-17(16)26-19/h2-9,14H,10-13H2,1H3,(H,21,25). The number of hydrogen-bond donors (Lipinski definition) is 1. The Bertz CT molecular complexity index is 854. The van der Waals surface area contributed by atoms with Crippen LogP contribution < -0.4 is 10.2 Å². The van der Waals surface area contributed by atoms with Gasteiger partial charge in [-0.15, -0.1) is 0 Å². The number of piperazine rings is 1. The summed E-state index contributed by atoms with van der Waals surface area (Å²) in [6, 6.07) is 13.8. The fourth-order valence-electron chi connectivity index (χ4n) is 3.08. The van der Waals surface area contributed by atoms with Crippen molar-refractivity contribution in [2.75, 3.05) is 31.1 Å². The maximum Gasteiger partial charge on any atom is 0.318 e. The topological polar surface area (TPSA) is 74.5 Å². The Balaban J connectivity index is 1.35. The molecule has 4 rings (SSSR count). The summed E-state index contributed by atoms with van der Waals surface area (Å²) in [6.45, 7) is 4.57. The number of urea groups is 1. The summed E-state index contributed by atoms with van der Waals surface area (Å²) in [5.41, 5.74) is 2.49. The number of carbonyl (C=O) groups is 1. The molecule has 0 radical (unpaired) electrons. The Hall–Kier alpha value is -3.09. The summed E-state index contributed by atoms with van der Waals surface area (Å²) >= 11 is 0. The minimum absolute atomic E-state index is 0.0691. The fraction of sp³-hybridized carbons (Fsp3) is 0.316. The average Bonchev–Trinajstić information content (AvgIpc) is 3.13. The van der Waals surface area contributed by atoms with Crippen LogP contribution in [0.15, 0.2) is 53.1 Å². The average molecular weight is 351 g/mol. The van der Waals surface area contributed by atoms with E-state index in [1.807, 2.05) is 54.3 Å². The number of para-hydroxylation sites is 2. The molecule has 134 valence electrons. The Morgan fingerprint density at radius 3 is 2.62 bits per heavy atom. The van der Waals surface area contributed by atoms with Crippen molar-refractivity contribution in [2.24, 2.45) is 0 Å². The van der Waals surface area contributed by atoms with Gasteiger partial charge in [-0.25, -0.2) is 4.79 Å². The molecule has 1 aliphatic rings. The predicted octanol–water partition coefficient (Wildman–Crippen LogP) is 2.82. The lowest BCUT2D eigenvalue weighted by Gasteiger charge is -2.34. The van der Waals surface area contributed by atoms with Gasteiger partial charge in [0.25, 0.3) is 6.01 Å². The van der Waals surface area contributed by atoms with E-state index in [0.717, 1.165) is 16.8 Å². The largest absolute Gasteiger partial charge is 0.423 e. The van der Waals surface area contributed by atoms with Crippen molar-refractivity contribution < 1.29 is 9.21 Å². The molecule has 26 heavy (non-hydrogen) atoms. The molecule has 3 aromatic rings. The quantitative estimate of drug-likeness (QED) is 0.785. The van der Waals surface area contributed by atoms with Crippen molar-refractivity contribution in [3.63, 3.8) is 0 Å². The SMILES string of the molecule is CC(NC(=O)N1CCN(c2nc3ccccc3o2)CC1)c1ccccn1. The molecule has 7 nitrogen and oxygen atoms in total. The molecule has 1 aromatic carbocycles. The first-order valence-electron chi connectivity index (χ1n) is 8.77. The van der Waals surface area contributed by atoms with E-state index in [2.05, 4.69) is 20.2 Å². The van der Waals surface area contributed by atoms with Crippen molar-refractivity contribution in [1.29, 1.82) is 0 Å². The zero-order valence-electron chi connectivity index (χ0n) is 14.6. The van der Waals surface area contributed by atoms with Crippen LogP contribution in [0.25, 0.3) is 11.1 Å². The van der Waals surface area contributed by atoms with Crippen LogP contribution in [0, 0.1) is 0 Å². The molecule has 7 heteroatoms. The van der Waals surface area contributed by atoms with Gasteiger partial charge in [0, 0.05) is 32.4 Å². The van der Waals surface area contributed by atoms with E-state index in [-0.39, 0.29) is 12.1 Å². The van der Waals surface area contributed by atoms with Crippen molar-refractivity contribution in [1.82, 2.24) is 20.2 Å². The molecule has 1 unspecified atom stereocenters. The zero-order chi connectivity index (χ0) is 17.9. The lowest BCUT2D eigenvalue weighted by molar-refractivity contribution is 0.190. The second-order valence-corrected chi connectivity index (χ2v) is 6.36. The molecule has 0 aliphatic carbocycles. The number of nitrogens with one attached hydrogen (secondary N) is 1. The van der Waals surface area contributed by atoms with E-state index in [9.17, 15) is 4.79 Å². The van der Waals surface area contributed by atoms with Crippen LogP contribution in [-0.2, 0) is 0 Å². The summed E-state index contributed by atoms with van der Waals surface area (Å²) in [5, 5.41) is 3.01. The Morgan fingerprint density at radius 1 is 1.12 bits per heavy atom. The molecule has 1 atom stereocenters. The number of anilines is 1. The summed E-state index contributed by atoms with van der Waals surface area (Å²) < 4.78 is 5.81. The number of oxazole rings is 1. The predicted molar refractivity (Wildman–Crippen MR) is 99.0 cm³/mol. The summed E-state index contributed by atoms with van der Waals surface area (Å²) in [6.07, 6.45) is 1.73. The third kappa shape index (κ3) is 3.33. The van der Waals surface area contributed by atoms with Crippen LogP contribution in [0.1, 0.15) is 18.7 Å². The van der Waals surface area contributed by atoms with Gasteiger partial charge in [-0.3, -0.25) is 4.98 Å². The number of amides is 2. The van der Waals surface area contributed by atoms with Gasteiger partial charge in [-0.2, -0.15) is 4.98 Å². The minimum Gasteiger partial charge on any atom is -0.423 e. The molecule has 3 heterocycles. The molecule has 1 saturated heterocycles. The number of fused-ring (bicyclic) bond motifs is 1. The molecule has 0 saturated carbocycles. The number of benzene rings is 1. The minimum atomic E-state index is -0.126. The van der Waals surface area contributed by atoms with Gasteiger partial charge in [-0.05, 0) is 31.2 Å². The van der Waals surface area contributed by atoms with Crippen molar-refractivity contribution >= 4 is 23.1 Å². The molecule has 2 amide bonds. The van der Waals surface area contributed by atoms with E-state index in [1.54, 1.807) is 6.20 Å². The van der Waals surface area contributed by atoms with Crippen molar-refractivity contribution in [3.05, 3.63) is 54.4 Å². The lowest BCUT2D eigenvalue weighted by Crippen LogP contribution is -2.52. The molecular formula is C19H21N5O2. The van der Waals surface area contributed by atoms with Crippen LogP contribution >= 0.6 is 0 Å².